The van der Waals surface area contributed by atoms with Gasteiger partial charge >= 0.3 is 0 Å². The van der Waals surface area contributed by atoms with E-state index in [1.54, 1.807) is 11.3 Å². The minimum absolute atomic E-state index is 0.245. The largest absolute Gasteiger partial charge is 0.392 e. The highest BCUT2D eigenvalue weighted by molar-refractivity contribution is 7.09. The van der Waals surface area contributed by atoms with Gasteiger partial charge in [-0.15, -0.1) is 11.3 Å². The molecule has 1 aliphatic carbocycles. The van der Waals surface area contributed by atoms with Crippen LogP contribution in [0.1, 0.15) is 34.8 Å². The molecule has 0 radical (unpaired) electrons. The second-order valence-corrected chi connectivity index (χ2v) is 6.08. The predicted molar refractivity (Wildman–Crippen MR) is 76.2 cm³/mol. The molecule has 0 fully saturated rings. The van der Waals surface area contributed by atoms with E-state index in [1.807, 2.05) is 0 Å². The molecule has 18 heavy (non-hydrogen) atoms. The Kier molecular flexibility index (Phi) is 3.48. The number of thiophene rings is 1. The highest BCUT2D eigenvalue weighted by Crippen LogP contribution is 2.35. The first kappa shape index (κ1) is 11.9. The van der Waals surface area contributed by atoms with E-state index >= 15 is 0 Å². The molecule has 1 aliphatic rings. The lowest BCUT2D eigenvalue weighted by Crippen LogP contribution is -2.24. The van der Waals surface area contributed by atoms with Crippen LogP contribution in [0.5, 0.6) is 0 Å². The van der Waals surface area contributed by atoms with Gasteiger partial charge in [0.05, 0.1) is 6.10 Å². The van der Waals surface area contributed by atoms with Crippen molar-refractivity contribution in [2.45, 2.75) is 37.7 Å². The summed E-state index contributed by atoms with van der Waals surface area (Å²) in [5, 5.41) is 12.6. The topological polar surface area (TPSA) is 20.2 Å². The second-order valence-electron chi connectivity index (χ2n) is 5.05. The molecule has 0 aliphatic heterocycles. The van der Waals surface area contributed by atoms with E-state index in [1.165, 1.54) is 28.8 Å². The Morgan fingerprint density at radius 3 is 2.94 bits per heavy atom. The summed E-state index contributed by atoms with van der Waals surface area (Å²) in [7, 11) is 0. The number of fused-ring (bicyclic) bond motifs is 1. The van der Waals surface area contributed by atoms with Crippen LogP contribution in [0, 0.1) is 0 Å². The third kappa shape index (κ3) is 2.36. The number of rotatable bonds is 3. The Bertz CT molecular complexity index is 504. The van der Waals surface area contributed by atoms with Gasteiger partial charge in [-0.25, -0.2) is 0 Å². The van der Waals surface area contributed by atoms with E-state index in [-0.39, 0.29) is 6.10 Å². The standard InChI is InChI=1S/C16H18OS/c17-16(11-13-7-4-10-18-13)15-9-3-6-12-5-1-2-8-14(12)15/h1-2,4-5,7-8,10,15-17H,3,6,9,11H2. The van der Waals surface area contributed by atoms with Crippen LogP contribution in [0.4, 0.5) is 0 Å². The third-order valence-corrected chi connectivity index (χ3v) is 4.77. The summed E-state index contributed by atoms with van der Waals surface area (Å²) in [6, 6.07) is 12.8. The Balaban J connectivity index is 1.80. The average molecular weight is 258 g/mol. The van der Waals surface area contributed by atoms with Gasteiger partial charge in [0, 0.05) is 17.2 Å². The van der Waals surface area contributed by atoms with Crippen molar-refractivity contribution >= 4 is 11.3 Å². The minimum Gasteiger partial charge on any atom is -0.392 e. The maximum absolute atomic E-state index is 10.5. The van der Waals surface area contributed by atoms with Crippen molar-refractivity contribution in [1.29, 1.82) is 0 Å². The third-order valence-electron chi connectivity index (χ3n) is 3.87. The molecule has 3 rings (SSSR count). The fourth-order valence-electron chi connectivity index (χ4n) is 2.97. The molecule has 94 valence electrons. The molecule has 2 atom stereocenters. The molecular weight excluding hydrogens is 240 g/mol. The molecule has 2 aromatic rings. The molecule has 2 heteroatoms. The molecule has 1 aromatic carbocycles. The van der Waals surface area contributed by atoms with Crippen molar-refractivity contribution in [3.8, 4) is 0 Å². The summed E-state index contributed by atoms with van der Waals surface area (Å²) in [5.74, 6) is 0.317. The van der Waals surface area contributed by atoms with Gasteiger partial charge in [-0.05, 0) is 41.8 Å². The molecule has 1 aromatic heterocycles. The van der Waals surface area contributed by atoms with E-state index in [2.05, 4.69) is 41.8 Å². The molecule has 1 nitrogen and oxygen atoms in total. The van der Waals surface area contributed by atoms with Crippen LogP contribution >= 0.6 is 11.3 Å². The van der Waals surface area contributed by atoms with Crippen LogP contribution in [0.25, 0.3) is 0 Å². The van der Waals surface area contributed by atoms with Gasteiger partial charge in [-0.2, -0.15) is 0 Å². The Morgan fingerprint density at radius 1 is 1.22 bits per heavy atom. The number of aryl methyl sites for hydroxylation is 1. The Morgan fingerprint density at radius 2 is 2.11 bits per heavy atom. The fourth-order valence-corrected chi connectivity index (χ4v) is 3.72. The van der Waals surface area contributed by atoms with Gasteiger partial charge in [0.25, 0.3) is 0 Å². The highest BCUT2D eigenvalue weighted by atomic mass is 32.1. The lowest BCUT2D eigenvalue weighted by Gasteiger charge is -2.29. The maximum atomic E-state index is 10.5. The average Bonchev–Trinajstić information content (AvgIpc) is 2.91. The van der Waals surface area contributed by atoms with E-state index in [4.69, 9.17) is 0 Å². The molecule has 0 spiro atoms. The van der Waals surface area contributed by atoms with Gasteiger partial charge in [-0.1, -0.05) is 30.3 Å². The molecular formula is C16H18OS. The number of aliphatic hydroxyl groups excluding tert-OH is 1. The predicted octanol–water partition coefficient (Wildman–Crippen LogP) is 3.77. The molecule has 1 heterocycles. The lowest BCUT2D eigenvalue weighted by atomic mass is 9.79. The zero-order chi connectivity index (χ0) is 12.4. The number of aliphatic hydroxyl groups is 1. The van der Waals surface area contributed by atoms with E-state index in [0.29, 0.717) is 5.92 Å². The summed E-state index contributed by atoms with van der Waals surface area (Å²) >= 11 is 1.74. The van der Waals surface area contributed by atoms with E-state index < -0.39 is 0 Å². The summed E-state index contributed by atoms with van der Waals surface area (Å²) < 4.78 is 0. The summed E-state index contributed by atoms with van der Waals surface area (Å²) in [4.78, 5) is 1.28. The fraction of sp³-hybridized carbons (Fsp3) is 0.375. The van der Waals surface area contributed by atoms with Crippen molar-refractivity contribution in [2.75, 3.05) is 0 Å². The molecule has 1 N–H and O–H groups in total. The summed E-state index contributed by atoms with van der Waals surface area (Å²) in [6.45, 7) is 0. The number of hydrogen-bond acceptors (Lipinski definition) is 2. The summed E-state index contributed by atoms with van der Waals surface area (Å²) in [5.41, 5.74) is 2.80. The number of hydrogen-bond donors (Lipinski definition) is 1. The number of benzene rings is 1. The van der Waals surface area contributed by atoms with E-state index in [9.17, 15) is 5.11 Å². The quantitative estimate of drug-likeness (QED) is 0.888. The van der Waals surface area contributed by atoms with Gasteiger partial charge in [0.1, 0.15) is 0 Å². The van der Waals surface area contributed by atoms with Gasteiger partial charge < -0.3 is 5.11 Å². The normalized spacial score (nSPS) is 20.4. The highest BCUT2D eigenvalue weighted by Gasteiger charge is 2.26. The monoisotopic (exact) mass is 258 g/mol. The van der Waals surface area contributed by atoms with Crippen molar-refractivity contribution in [3.05, 3.63) is 57.8 Å². The lowest BCUT2D eigenvalue weighted by molar-refractivity contribution is 0.135. The van der Waals surface area contributed by atoms with Crippen LogP contribution in [-0.4, -0.2) is 11.2 Å². The van der Waals surface area contributed by atoms with E-state index in [0.717, 1.165) is 12.8 Å². The van der Waals surface area contributed by atoms with Crippen LogP contribution in [0.2, 0.25) is 0 Å². The zero-order valence-corrected chi connectivity index (χ0v) is 11.2. The SMILES string of the molecule is OC(Cc1cccs1)C1CCCc2ccccc21. The van der Waals surface area contributed by atoms with Crippen molar-refractivity contribution < 1.29 is 5.11 Å². The zero-order valence-electron chi connectivity index (χ0n) is 10.4. The van der Waals surface area contributed by atoms with Gasteiger partial charge in [-0.3, -0.25) is 0 Å². The summed E-state index contributed by atoms with van der Waals surface area (Å²) in [6.07, 6.45) is 4.02. The first-order valence-electron chi connectivity index (χ1n) is 6.63. The van der Waals surface area contributed by atoms with Gasteiger partial charge in [0.15, 0.2) is 0 Å². The van der Waals surface area contributed by atoms with Gasteiger partial charge in [0.2, 0.25) is 0 Å². The van der Waals surface area contributed by atoms with Crippen molar-refractivity contribution in [1.82, 2.24) is 0 Å². The molecule has 0 saturated heterocycles. The van der Waals surface area contributed by atoms with Crippen molar-refractivity contribution in [2.24, 2.45) is 0 Å². The molecule has 0 bridgehead atoms. The Hall–Kier alpha value is -1.12. The Labute approximate surface area is 112 Å². The minimum atomic E-state index is -0.245. The second kappa shape index (κ2) is 5.25. The first-order chi connectivity index (χ1) is 8.84. The molecule has 0 saturated carbocycles. The maximum Gasteiger partial charge on any atom is 0.0656 e. The van der Waals surface area contributed by atoms with Crippen LogP contribution in [0.15, 0.2) is 41.8 Å². The first-order valence-corrected chi connectivity index (χ1v) is 7.51. The molecule has 2 unspecified atom stereocenters. The van der Waals surface area contributed by atoms with Crippen LogP contribution in [0.3, 0.4) is 0 Å². The van der Waals surface area contributed by atoms with Crippen LogP contribution in [-0.2, 0) is 12.8 Å². The molecule has 0 amide bonds. The smallest absolute Gasteiger partial charge is 0.0656 e. The van der Waals surface area contributed by atoms with Crippen LogP contribution < -0.4 is 0 Å². The van der Waals surface area contributed by atoms with Crippen molar-refractivity contribution in [3.63, 3.8) is 0 Å².